The van der Waals surface area contributed by atoms with Gasteiger partial charge < -0.3 is 15.0 Å². The Hall–Kier alpha value is -3.60. The van der Waals surface area contributed by atoms with E-state index < -0.39 is 21.9 Å². The number of hydrogen-bond acceptors (Lipinski definition) is 5. The minimum atomic E-state index is -3.58. The second-order valence-corrected chi connectivity index (χ2v) is 10.7. The molecule has 0 aliphatic carbocycles. The predicted octanol–water partition coefficient (Wildman–Crippen LogP) is 3.59. The quantitative estimate of drug-likeness (QED) is 0.296. The Balaban J connectivity index is 1.87. The highest BCUT2D eigenvalue weighted by Crippen LogP contribution is 2.25. The molecule has 0 aromatic heterocycles. The molecule has 2 N–H and O–H groups in total. The first-order chi connectivity index (χ1) is 18.7. The number of sulfonamides is 1. The minimum absolute atomic E-state index is 0.0786. The highest BCUT2D eigenvalue weighted by atomic mass is 32.2. The van der Waals surface area contributed by atoms with Gasteiger partial charge in [-0.05, 0) is 47.4 Å². The van der Waals surface area contributed by atoms with Crippen molar-refractivity contribution in [2.24, 2.45) is 0 Å². The molecule has 3 aromatic rings. The maximum absolute atomic E-state index is 13.7. The third-order valence-corrected chi connectivity index (χ3v) is 7.62. The van der Waals surface area contributed by atoms with Crippen LogP contribution in [0, 0.1) is 5.82 Å². The molecule has 0 saturated carbocycles. The van der Waals surface area contributed by atoms with Crippen LogP contribution in [-0.2, 0) is 37.3 Å². The molecule has 0 spiro atoms. The summed E-state index contributed by atoms with van der Waals surface area (Å²) < 4.78 is 45.5. The molecule has 2 amide bonds. The summed E-state index contributed by atoms with van der Waals surface area (Å²) >= 11 is 0. The van der Waals surface area contributed by atoms with Crippen molar-refractivity contribution in [3.63, 3.8) is 0 Å². The molecule has 0 bridgehead atoms. The van der Waals surface area contributed by atoms with Crippen LogP contribution in [0.5, 0.6) is 0 Å². The van der Waals surface area contributed by atoms with E-state index in [1.807, 2.05) is 6.07 Å². The molecule has 0 fully saturated rings. The second-order valence-electron chi connectivity index (χ2n) is 8.89. The normalized spacial score (nSPS) is 12.1. The van der Waals surface area contributed by atoms with Gasteiger partial charge in [-0.1, -0.05) is 61.5 Å². The van der Waals surface area contributed by atoms with Crippen LogP contribution in [0.1, 0.15) is 36.1 Å². The van der Waals surface area contributed by atoms with Crippen LogP contribution in [-0.4, -0.2) is 51.9 Å². The fourth-order valence-corrected chi connectivity index (χ4v) is 5.14. The van der Waals surface area contributed by atoms with Gasteiger partial charge in [0.1, 0.15) is 11.9 Å². The lowest BCUT2D eigenvalue weighted by atomic mass is 10.0. The summed E-state index contributed by atoms with van der Waals surface area (Å²) in [4.78, 5) is 28.7. The van der Waals surface area contributed by atoms with E-state index in [1.54, 1.807) is 55.5 Å². The number of carbonyl (C=O) groups is 2. The molecule has 0 radical (unpaired) electrons. The van der Waals surface area contributed by atoms with Crippen LogP contribution in [0.25, 0.3) is 0 Å². The summed E-state index contributed by atoms with van der Waals surface area (Å²) in [6.07, 6.45) is 0.419. The van der Waals surface area contributed by atoms with Crippen LogP contribution in [0.2, 0.25) is 0 Å². The first kappa shape index (κ1) is 29.9. The van der Waals surface area contributed by atoms with Gasteiger partial charge in [-0.25, -0.2) is 17.5 Å². The average Bonchev–Trinajstić information content (AvgIpc) is 2.93. The van der Waals surface area contributed by atoms with Crippen molar-refractivity contribution in [3.8, 4) is 0 Å². The van der Waals surface area contributed by atoms with Crippen LogP contribution in [0.15, 0.2) is 83.8 Å². The lowest BCUT2D eigenvalue weighted by Gasteiger charge is -2.32. The van der Waals surface area contributed by atoms with Gasteiger partial charge in [-0.15, -0.1) is 0 Å². The van der Waals surface area contributed by atoms with E-state index >= 15 is 0 Å². The van der Waals surface area contributed by atoms with Crippen molar-refractivity contribution in [3.05, 3.63) is 101 Å². The summed E-state index contributed by atoms with van der Waals surface area (Å²) in [6.45, 7) is 2.67. The van der Waals surface area contributed by atoms with Crippen molar-refractivity contribution in [2.75, 3.05) is 26.8 Å². The largest absolute Gasteiger partial charge is 0.383 e. The topological polar surface area (TPSA) is 105 Å². The molecule has 208 valence electrons. The van der Waals surface area contributed by atoms with Crippen LogP contribution >= 0.6 is 0 Å². The lowest BCUT2D eigenvalue weighted by Crippen LogP contribution is -2.44. The smallest absolute Gasteiger partial charge is 0.247 e. The zero-order valence-corrected chi connectivity index (χ0v) is 22.9. The van der Waals surface area contributed by atoms with Gasteiger partial charge in [0.25, 0.3) is 0 Å². The third kappa shape index (κ3) is 8.71. The number of hydrogen-bond donors (Lipinski definition) is 2. The molecule has 0 heterocycles. The number of carbonyl (C=O) groups excluding carboxylic acids is 2. The number of nitrogens with zero attached hydrogens (tertiary/aromatic N) is 1. The number of halogens is 1. The SMILES string of the molecule is CCNS(=O)(=O)c1ccc(CCC(=O)N(Cc2ccc(F)cc2)[C@H](C(=O)NCCOC)c2ccccc2)cc1. The van der Waals surface area contributed by atoms with Gasteiger partial charge >= 0.3 is 0 Å². The highest BCUT2D eigenvalue weighted by molar-refractivity contribution is 7.89. The van der Waals surface area contributed by atoms with E-state index in [4.69, 9.17) is 4.74 Å². The Morgan fingerprint density at radius 2 is 1.59 bits per heavy atom. The molecule has 0 aliphatic rings. The van der Waals surface area contributed by atoms with Crippen molar-refractivity contribution < 1.29 is 27.1 Å². The van der Waals surface area contributed by atoms with Crippen LogP contribution in [0.3, 0.4) is 0 Å². The third-order valence-electron chi connectivity index (χ3n) is 6.06. The number of methoxy groups -OCH3 is 1. The van der Waals surface area contributed by atoms with Crippen LogP contribution in [0.4, 0.5) is 4.39 Å². The van der Waals surface area contributed by atoms with Gasteiger partial charge in [-0.2, -0.15) is 0 Å². The Morgan fingerprint density at radius 1 is 0.949 bits per heavy atom. The first-order valence-corrected chi connectivity index (χ1v) is 14.2. The maximum atomic E-state index is 13.7. The monoisotopic (exact) mass is 555 g/mol. The van der Waals surface area contributed by atoms with E-state index in [-0.39, 0.29) is 42.8 Å². The Labute approximate surface area is 229 Å². The van der Waals surface area contributed by atoms with Gasteiger partial charge in [0.05, 0.1) is 11.5 Å². The summed E-state index contributed by atoms with van der Waals surface area (Å²) in [5, 5.41) is 2.84. The molecular weight excluding hydrogens is 521 g/mol. The number of ether oxygens (including phenoxy) is 1. The second kappa shape index (κ2) is 14.5. The van der Waals surface area contributed by atoms with E-state index in [0.29, 0.717) is 24.2 Å². The number of rotatable bonds is 14. The van der Waals surface area contributed by atoms with Crippen molar-refractivity contribution in [1.29, 1.82) is 0 Å². The molecule has 0 saturated heterocycles. The summed E-state index contributed by atoms with van der Waals surface area (Å²) in [5.41, 5.74) is 2.09. The van der Waals surface area contributed by atoms with Gasteiger partial charge in [0.2, 0.25) is 21.8 Å². The van der Waals surface area contributed by atoms with Crippen molar-refractivity contribution in [2.45, 2.75) is 37.2 Å². The molecule has 0 unspecified atom stereocenters. The zero-order valence-electron chi connectivity index (χ0n) is 22.1. The highest BCUT2D eigenvalue weighted by Gasteiger charge is 2.31. The van der Waals surface area contributed by atoms with Crippen LogP contribution < -0.4 is 10.0 Å². The van der Waals surface area contributed by atoms with E-state index in [1.165, 1.54) is 36.3 Å². The zero-order chi connectivity index (χ0) is 28.3. The Morgan fingerprint density at radius 3 is 2.21 bits per heavy atom. The van der Waals surface area contributed by atoms with Gasteiger partial charge in [0, 0.05) is 33.2 Å². The van der Waals surface area contributed by atoms with Crippen molar-refractivity contribution >= 4 is 21.8 Å². The van der Waals surface area contributed by atoms with E-state index in [2.05, 4.69) is 10.0 Å². The fraction of sp³-hybridized carbons (Fsp3) is 0.310. The number of amides is 2. The molecule has 3 rings (SSSR count). The Kier molecular flexibility index (Phi) is 11.2. The number of nitrogens with one attached hydrogen (secondary N) is 2. The van der Waals surface area contributed by atoms with E-state index in [0.717, 1.165) is 5.56 Å². The summed E-state index contributed by atoms with van der Waals surface area (Å²) in [7, 11) is -2.04. The molecule has 3 aromatic carbocycles. The summed E-state index contributed by atoms with van der Waals surface area (Å²) in [6, 6.07) is 20.2. The Bertz CT molecular complexity index is 1320. The minimum Gasteiger partial charge on any atom is -0.383 e. The fourth-order valence-electron chi connectivity index (χ4n) is 4.09. The number of aryl methyl sites for hydroxylation is 1. The van der Waals surface area contributed by atoms with Gasteiger partial charge in [0.15, 0.2) is 0 Å². The predicted molar refractivity (Wildman–Crippen MR) is 147 cm³/mol. The number of benzene rings is 3. The standard InChI is InChI=1S/C29H34FN3O5S/c1-3-32-39(36,37)26-16-11-22(12-17-26)13-18-27(34)33(21-23-9-14-25(30)15-10-23)28(24-7-5-4-6-8-24)29(35)31-19-20-38-2/h4-12,14-17,28,32H,3,13,18-21H2,1-2H3,(H,31,35)/t28-/m0/s1. The molecule has 39 heavy (non-hydrogen) atoms. The first-order valence-electron chi connectivity index (χ1n) is 12.7. The molecule has 10 heteroatoms. The molecule has 8 nitrogen and oxygen atoms in total. The van der Waals surface area contributed by atoms with Gasteiger partial charge in [-0.3, -0.25) is 9.59 Å². The molecule has 0 aliphatic heterocycles. The molecule has 1 atom stereocenters. The lowest BCUT2D eigenvalue weighted by molar-refractivity contribution is -0.141. The summed E-state index contributed by atoms with van der Waals surface area (Å²) in [5.74, 6) is -1.03. The van der Waals surface area contributed by atoms with E-state index in [9.17, 15) is 22.4 Å². The van der Waals surface area contributed by atoms with Crippen molar-refractivity contribution in [1.82, 2.24) is 14.9 Å². The molecular formula is C29H34FN3O5S. The average molecular weight is 556 g/mol. The maximum Gasteiger partial charge on any atom is 0.247 e.